The molecule has 1 aliphatic rings. The predicted molar refractivity (Wildman–Crippen MR) is 60.6 cm³/mol. The molecule has 0 bridgehead atoms. The van der Waals surface area contributed by atoms with E-state index < -0.39 is 46.3 Å². The monoisotopic (exact) mass is 286 g/mol. The van der Waals surface area contributed by atoms with Gasteiger partial charge in [0.1, 0.15) is 11.4 Å². The lowest BCUT2D eigenvalue weighted by Gasteiger charge is -2.29. The molecule has 1 fully saturated rings. The summed E-state index contributed by atoms with van der Waals surface area (Å²) in [6.45, 7) is 2.67. The van der Waals surface area contributed by atoms with E-state index in [2.05, 4.69) is 0 Å². The smallest absolute Gasteiger partial charge is 0.348 e. The van der Waals surface area contributed by atoms with Crippen LogP contribution in [-0.2, 0) is 19.1 Å². The van der Waals surface area contributed by atoms with Crippen LogP contribution in [-0.4, -0.2) is 17.7 Å². The van der Waals surface area contributed by atoms with E-state index in [0.29, 0.717) is 18.2 Å². The molecule has 0 amide bonds. The molecule has 2 rings (SSSR count). The largest absolute Gasteiger partial charge is 0.419 e. The third-order valence-corrected chi connectivity index (χ3v) is 2.44. The molecule has 0 saturated carbocycles. The Kier molecular flexibility index (Phi) is 3.29. The van der Waals surface area contributed by atoms with Gasteiger partial charge in [-0.25, -0.2) is 22.8 Å². The summed E-state index contributed by atoms with van der Waals surface area (Å²) in [5.41, 5.74) is -1.24. The van der Waals surface area contributed by atoms with Crippen LogP contribution in [0.15, 0.2) is 17.7 Å². The second kappa shape index (κ2) is 4.66. The van der Waals surface area contributed by atoms with Gasteiger partial charge in [-0.05, 0) is 12.1 Å². The number of hydrogen-bond acceptors (Lipinski definition) is 4. The third-order valence-electron chi connectivity index (χ3n) is 2.44. The molecule has 7 heteroatoms. The lowest BCUT2D eigenvalue weighted by atomic mass is 10.1. The molecule has 106 valence electrons. The van der Waals surface area contributed by atoms with E-state index in [-0.39, 0.29) is 0 Å². The minimum absolute atomic E-state index is 0.345. The molecule has 1 aliphatic heterocycles. The quantitative estimate of drug-likeness (QED) is 0.344. The highest BCUT2D eigenvalue weighted by Crippen LogP contribution is 2.25. The SMILES string of the molecule is CC1(C)OC(=O)C(=Cc2cc(F)cc(F)c2F)C(=O)O1. The number of cyclic esters (lactones) is 2. The van der Waals surface area contributed by atoms with Crippen LogP contribution in [0.2, 0.25) is 0 Å². The van der Waals surface area contributed by atoms with E-state index in [0.717, 1.165) is 0 Å². The van der Waals surface area contributed by atoms with Crippen LogP contribution in [0.1, 0.15) is 19.4 Å². The number of esters is 2. The Hall–Kier alpha value is -2.31. The highest BCUT2D eigenvalue weighted by atomic mass is 19.2. The number of rotatable bonds is 1. The molecule has 0 radical (unpaired) electrons. The minimum Gasteiger partial charge on any atom is -0.419 e. The summed E-state index contributed by atoms with van der Waals surface area (Å²) < 4.78 is 49.0. The molecular weight excluding hydrogens is 277 g/mol. The van der Waals surface area contributed by atoms with Crippen molar-refractivity contribution in [3.05, 3.63) is 40.7 Å². The molecule has 4 nitrogen and oxygen atoms in total. The van der Waals surface area contributed by atoms with Gasteiger partial charge < -0.3 is 9.47 Å². The lowest BCUT2D eigenvalue weighted by Crippen LogP contribution is -2.41. The van der Waals surface area contributed by atoms with Crippen molar-refractivity contribution in [1.29, 1.82) is 0 Å². The van der Waals surface area contributed by atoms with E-state index in [4.69, 9.17) is 9.47 Å². The standard InChI is InChI=1S/C13H9F3O4/c1-13(2)19-11(17)8(12(18)20-13)4-6-3-7(14)5-9(15)10(6)16/h3-5H,1-2H3. The first kappa shape index (κ1) is 14.1. The first-order chi connectivity index (χ1) is 9.19. The van der Waals surface area contributed by atoms with E-state index in [1.165, 1.54) is 13.8 Å². The first-order valence-electron chi connectivity index (χ1n) is 5.52. The minimum atomic E-state index is -1.45. The van der Waals surface area contributed by atoms with Gasteiger partial charge in [-0.1, -0.05) is 0 Å². The summed E-state index contributed by atoms with van der Waals surface area (Å²) in [6.07, 6.45) is 0.682. The molecule has 1 aromatic carbocycles. The van der Waals surface area contributed by atoms with E-state index in [1.54, 1.807) is 0 Å². The van der Waals surface area contributed by atoms with Crippen LogP contribution in [0.5, 0.6) is 0 Å². The molecule has 0 unspecified atom stereocenters. The first-order valence-corrected chi connectivity index (χ1v) is 5.52. The van der Waals surface area contributed by atoms with Crippen LogP contribution in [0, 0.1) is 17.5 Å². The van der Waals surface area contributed by atoms with Crippen molar-refractivity contribution >= 4 is 18.0 Å². The van der Waals surface area contributed by atoms with Crippen molar-refractivity contribution in [2.75, 3.05) is 0 Å². The van der Waals surface area contributed by atoms with Gasteiger partial charge in [0.05, 0.1) is 0 Å². The third kappa shape index (κ3) is 2.66. The van der Waals surface area contributed by atoms with Crippen molar-refractivity contribution in [1.82, 2.24) is 0 Å². The molecule has 1 saturated heterocycles. The zero-order valence-corrected chi connectivity index (χ0v) is 10.5. The maximum Gasteiger partial charge on any atom is 0.348 e. The van der Waals surface area contributed by atoms with E-state index in [1.807, 2.05) is 0 Å². The van der Waals surface area contributed by atoms with Gasteiger partial charge in [0.2, 0.25) is 0 Å². The van der Waals surface area contributed by atoms with Gasteiger partial charge in [-0.15, -0.1) is 0 Å². The van der Waals surface area contributed by atoms with Gasteiger partial charge in [0.15, 0.2) is 11.6 Å². The molecule has 1 heterocycles. The summed E-state index contributed by atoms with van der Waals surface area (Å²) in [5.74, 6) is -7.43. The highest BCUT2D eigenvalue weighted by Gasteiger charge is 2.39. The summed E-state index contributed by atoms with van der Waals surface area (Å²) >= 11 is 0. The number of halogens is 3. The number of ether oxygens (including phenoxy) is 2. The van der Waals surface area contributed by atoms with Crippen molar-refractivity contribution in [2.24, 2.45) is 0 Å². The van der Waals surface area contributed by atoms with Crippen LogP contribution < -0.4 is 0 Å². The fraction of sp³-hybridized carbons (Fsp3) is 0.231. The summed E-state index contributed by atoms with van der Waals surface area (Å²) in [4.78, 5) is 23.2. The Labute approximate surface area is 111 Å². The van der Waals surface area contributed by atoms with Gasteiger partial charge in [-0.2, -0.15) is 0 Å². The number of hydrogen-bond donors (Lipinski definition) is 0. The highest BCUT2D eigenvalue weighted by molar-refractivity contribution is 6.18. The summed E-state index contributed by atoms with van der Waals surface area (Å²) in [5, 5.41) is 0. The molecule has 0 aliphatic carbocycles. The fourth-order valence-corrected chi connectivity index (χ4v) is 1.61. The van der Waals surface area contributed by atoms with Crippen LogP contribution in [0.3, 0.4) is 0 Å². The molecular formula is C13H9F3O4. The van der Waals surface area contributed by atoms with Crippen molar-refractivity contribution in [3.8, 4) is 0 Å². The molecule has 0 spiro atoms. The van der Waals surface area contributed by atoms with E-state index >= 15 is 0 Å². The lowest BCUT2D eigenvalue weighted by molar-refractivity contribution is -0.222. The van der Waals surface area contributed by atoms with Crippen molar-refractivity contribution in [2.45, 2.75) is 19.6 Å². The Morgan fingerprint density at radius 2 is 1.60 bits per heavy atom. The van der Waals surface area contributed by atoms with Crippen LogP contribution in [0.25, 0.3) is 6.08 Å². The predicted octanol–water partition coefficient (Wildman–Crippen LogP) is 2.32. The molecule has 0 atom stereocenters. The summed E-state index contributed by atoms with van der Waals surface area (Å²) in [7, 11) is 0. The Balaban J connectivity index is 2.46. The van der Waals surface area contributed by atoms with Crippen molar-refractivity contribution in [3.63, 3.8) is 0 Å². The maximum absolute atomic E-state index is 13.5. The van der Waals surface area contributed by atoms with Gasteiger partial charge in [-0.3, -0.25) is 0 Å². The van der Waals surface area contributed by atoms with Gasteiger partial charge in [0.25, 0.3) is 5.79 Å². The molecule has 1 aromatic rings. The topological polar surface area (TPSA) is 52.6 Å². The zero-order valence-electron chi connectivity index (χ0n) is 10.5. The second-order valence-corrected chi connectivity index (χ2v) is 4.53. The average molecular weight is 286 g/mol. The van der Waals surface area contributed by atoms with Crippen LogP contribution in [0.4, 0.5) is 13.2 Å². The normalized spacial score (nSPS) is 17.6. The Bertz CT molecular complexity index is 613. The summed E-state index contributed by atoms with van der Waals surface area (Å²) in [6, 6.07) is 0.990. The average Bonchev–Trinajstić information content (AvgIpc) is 2.28. The maximum atomic E-state index is 13.5. The Morgan fingerprint density at radius 1 is 1.05 bits per heavy atom. The zero-order chi connectivity index (χ0) is 15.1. The van der Waals surface area contributed by atoms with Gasteiger partial charge >= 0.3 is 11.9 Å². The van der Waals surface area contributed by atoms with Crippen LogP contribution >= 0.6 is 0 Å². The second-order valence-electron chi connectivity index (χ2n) is 4.53. The molecule has 20 heavy (non-hydrogen) atoms. The Morgan fingerprint density at radius 3 is 2.15 bits per heavy atom. The fourth-order valence-electron chi connectivity index (χ4n) is 1.61. The number of benzene rings is 1. The number of carbonyl (C=O) groups is 2. The molecule has 0 N–H and O–H groups in total. The molecule has 0 aromatic heterocycles. The number of carbonyl (C=O) groups excluding carboxylic acids is 2. The van der Waals surface area contributed by atoms with Crippen molar-refractivity contribution < 1.29 is 32.2 Å². The van der Waals surface area contributed by atoms with Gasteiger partial charge in [0, 0.05) is 25.5 Å². The van der Waals surface area contributed by atoms with E-state index in [9.17, 15) is 22.8 Å².